The van der Waals surface area contributed by atoms with Gasteiger partial charge in [0.2, 0.25) is 5.91 Å². The largest absolute Gasteiger partial charge is 0.386 e. The van der Waals surface area contributed by atoms with Crippen LogP contribution in [0.3, 0.4) is 0 Å². The van der Waals surface area contributed by atoms with Crippen molar-refractivity contribution in [2.75, 3.05) is 38.5 Å². The summed E-state index contributed by atoms with van der Waals surface area (Å²) in [5.41, 5.74) is 0.996. The average molecular weight is 420 g/mol. The number of fused-ring (bicyclic) bond motifs is 1. The van der Waals surface area contributed by atoms with Gasteiger partial charge in [-0.3, -0.25) is 9.69 Å². The van der Waals surface area contributed by atoms with E-state index in [2.05, 4.69) is 16.0 Å². The van der Waals surface area contributed by atoms with Gasteiger partial charge in [-0.2, -0.15) is 0 Å². The van der Waals surface area contributed by atoms with Crippen molar-refractivity contribution in [3.05, 3.63) is 46.7 Å². The number of amides is 1. The van der Waals surface area contributed by atoms with Gasteiger partial charge in [-0.15, -0.1) is 22.7 Å². The Morgan fingerprint density at radius 3 is 2.74 bits per heavy atom. The van der Waals surface area contributed by atoms with E-state index in [9.17, 15) is 9.90 Å². The van der Waals surface area contributed by atoms with Gasteiger partial charge in [-0.05, 0) is 23.6 Å². The topological polar surface area (TPSA) is 56.7 Å². The summed E-state index contributed by atoms with van der Waals surface area (Å²) < 4.78 is 2.10. The Morgan fingerprint density at radius 2 is 2.00 bits per heavy atom. The molecule has 1 saturated heterocycles. The van der Waals surface area contributed by atoms with E-state index in [0.29, 0.717) is 12.3 Å². The molecule has 1 aliphatic heterocycles. The van der Waals surface area contributed by atoms with Crippen LogP contribution >= 0.6 is 34.4 Å². The molecular formula is C19H21N3O2S3. The van der Waals surface area contributed by atoms with Crippen LogP contribution in [-0.2, 0) is 4.79 Å². The van der Waals surface area contributed by atoms with Gasteiger partial charge in [0, 0.05) is 37.6 Å². The third-order valence-electron chi connectivity index (χ3n) is 4.62. The molecule has 3 aromatic rings. The molecule has 1 aliphatic rings. The number of thiazole rings is 1. The standard InChI is InChI=1S/C19H21N3O2S3/c23-15(17-6-3-11-25-17)12-21-7-9-22(10-8-21)18(24)13-26-19-20-14-4-1-2-5-16(14)27-19/h1-6,11,15,23H,7-10,12-13H2. The van der Waals surface area contributed by atoms with Crippen molar-refractivity contribution in [2.45, 2.75) is 10.4 Å². The number of benzene rings is 1. The number of rotatable bonds is 6. The molecule has 1 fully saturated rings. The molecular weight excluding hydrogens is 398 g/mol. The van der Waals surface area contributed by atoms with Crippen LogP contribution in [0, 0.1) is 0 Å². The summed E-state index contributed by atoms with van der Waals surface area (Å²) in [6.07, 6.45) is -0.443. The lowest BCUT2D eigenvalue weighted by Crippen LogP contribution is -2.50. The second-order valence-electron chi connectivity index (χ2n) is 6.45. The van der Waals surface area contributed by atoms with Crippen LogP contribution in [0.4, 0.5) is 0 Å². The first-order valence-electron chi connectivity index (χ1n) is 8.89. The molecule has 1 atom stereocenters. The number of nitrogens with zero attached hydrogens (tertiary/aromatic N) is 3. The Balaban J connectivity index is 1.23. The molecule has 27 heavy (non-hydrogen) atoms. The first-order valence-corrected chi connectivity index (χ1v) is 11.6. The van der Waals surface area contributed by atoms with Crippen LogP contribution in [0.5, 0.6) is 0 Å². The SMILES string of the molecule is O=C(CSc1nc2ccccc2s1)N1CCN(CC(O)c2cccs2)CC1. The Morgan fingerprint density at radius 1 is 1.19 bits per heavy atom. The number of thioether (sulfide) groups is 1. The molecule has 1 N–H and O–H groups in total. The highest BCUT2D eigenvalue weighted by atomic mass is 32.2. The van der Waals surface area contributed by atoms with Crippen LogP contribution < -0.4 is 0 Å². The summed E-state index contributed by atoms with van der Waals surface area (Å²) in [5.74, 6) is 0.593. The number of carbonyl (C=O) groups is 1. The third-order valence-corrected chi connectivity index (χ3v) is 7.76. The van der Waals surface area contributed by atoms with Gasteiger partial charge < -0.3 is 10.0 Å². The van der Waals surface area contributed by atoms with Crippen LogP contribution in [-0.4, -0.2) is 64.3 Å². The fraction of sp³-hybridized carbons (Fsp3) is 0.368. The minimum Gasteiger partial charge on any atom is -0.386 e. The van der Waals surface area contributed by atoms with E-state index in [0.717, 1.165) is 45.6 Å². The number of hydrogen-bond acceptors (Lipinski definition) is 7. The molecule has 1 amide bonds. The Hall–Kier alpha value is -1.45. The van der Waals surface area contributed by atoms with Crippen molar-refractivity contribution >= 4 is 50.6 Å². The van der Waals surface area contributed by atoms with Crippen molar-refractivity contribution in [1.82, 2.24) is 14.8 Å². The van der Waals surface area contributed by atoms with E-state index in [1.54, 1.807) is 22.7 Å². The maximum atomic E-state index is 12.5. The van der Waals surface area contributed by atoms with Gasteiger partial charge in [0.05, 0.1) is 16.0 Å². The number of carbonyl (C=O) groups excluding carboxylic acids is 1. The highest BCUT2D eigenvalue weighted by Gasteiger charge is 2.23. The van der Waals surface area contributed by atoms with Gasteiger partial charge in [-0.25, -0.2) is 4.98 Å². The number of thiophene rings is 1. The summed E-state index contributed by atoms with van der Waals surface area (Å²) in [7, 11) is 0. The van der Waals surface area contributed by atoms with E-state index in [4.69, 9.17) is 0 Å². The lowest BCUT2D eigenvalue weighted by molar-refractivity contribution is -0.130. The Kier molecular flexibility index (Phi) is 6.09. The minimum absolute atomic E-state index is 0.165. The minimum atomic E-state index is -0.443. The lowest BCUT2D eigenvalue weighted by atomic mass is 10.2. The van der Waals surface area contributed by atoms with Gasteiger partial charge in [0.25, 0.3) is 0 Å². The number of β-amino-alcohol motifs (C(OH)–C–C–N with tert-alkyl or cyclic N) is 1. The Bertz CT molecular complexity index is 856. The summed E-state index contributed by atoms with van der Waals surface area (Å²) in [5, 5.41) is 12.3. The molecule has 1 aromatic carbocycles. The molecule has 3 heterocycles. The van der Waals surface area contributed by atoms with Crippen LogP contribution in [0.2, 0.25) is 0 Å². The van der Waals surface area contributed by atoms with E-state index < -0.39 is 6.10 Å². The highest BCUT2D eigenvalue weighted by molar-refractivity contribution is 8.01. The zero-order valence-electron chi connectivity index (χ0n) is 14.8. The van der Waals surface area contributed by atoms with E-state index in [-0.39, 0.29) is 5.91 Å². The van der Waals surface area contributed by atoms with E-state index >= 15 is 0 Å². The lowest BCUT2D eigenvalue weighted by Gasteiger charge is -2.35. The molecule has 4 rings (SSSR count). The van der Waals surface area contributed by atoms with Gasteiger partial charge in [0.15, 0.2) is 4.34 Å². The van der Waals surface area contributed by atoms with Crippen molar-refractivity contribution in [2.24, 2.45) is 0 Å². The molecule has 0 saturated carbocycles. The summed E-state index contributed by atoms with van der Waals surface area (Å²) >= 11 is 4.74. The molecule has 0 radical (unpaired) electrons. The summed E-state index contributed by atoms with van der Waals surface area (Å²) in [4.78, 5) is 22.2. The van der Waals surface area contributed by atoms with Crippen molar-refractivity contribution < 1.29 is 9.90 Å². The predicted octanol–water partition coefficient (Wildman–Crippen LogP) is 3.33. The number of hydrogen-bond donors (Lipinski definition) is 1. The predicted molar refractivity (Wildman–Crippen MR) is 113 cm³/mol. The molecule has 2 aromatic heterocycles. The molecule has 0 spiro atoms. The Labute approximate surface area is 170 Å². The molecule has 0 bridgehead atoms. The monoisotopic (exact) mass is 419 g/mol. The first-order chi connectivity index (χ1) is 13.2. The smallest absolute Gasteiger partial charge is 0.233 e. The van der Waals surface area contributed by atoms with Gasteiger partial charge in [0.1, 0.15) is 6.10 Å². The quantitative estimate of drug-likeness (QED) is 0.621. The number of aliphatic hydroxyl groups excluding tert-OH is 1. The molecule has 0 aliphatic carbocycles. The highest BCUT2D eigenvalue weighted by Crippen LogP contribution is 2.29. The van der Waals surface area contributed by atoms with Gasteiger partial charge in [-0.1, -0.05) is 30.0 Å². The molecule has 1 unspecified atom stereocenters. The zero-order valence-corrected chi connectivity index (χ0v) is 17.2. The molecule has 8 heteroatoms. The number of aromatic nitrogens is 1. The maximum absolute atomic E-state index is 12.5. The molecule has 142 valence electrons. The average Bonchev–Trinajstić information content (AvgIpc) is 3.36. The maximum Gasteiger partial charge on any atom is 0.233 e. The van der Waals surface area contributed by atoms with Crippen molar-refractivity contribution in [3.8, 4) is 0 Å². The fourth-order valence-electron chi connectivity index (χ4n) is 3.12. The fourth-order valence-corrected chi connectivity index (χ4v) is 5.80. The van der Waals surface area contributed by atoms with E-state index in [1.807, 2.05) is 40.6 Å². The normalized spacial score (nSPS) is 16.7. The van der Waals surface area contributed by atoms with Crippen LogP contribution in [0.15, 0.2) is 46.1 Å². The van der Waals surface area contributed by atoms with Crippen molar-refractivity contribution in [1.29, 1.82) is 0 Å². The second kappa shape index (κ2) is 8.70. The van der Waals surface area contributed by atoms with Crippen molar-refractivity contribution in [3.63, 3.8) is 0 Å². The number of aliphatic hydroxyl groups is 1. The van der Waals surface area contributed by atoms with Crippen LogP contribution in [0.25, 0.3) is 10.2 Å². The van der Waals surface area contributed by atoms with Crippen LogP contribution in [0.1, 0.15) is 11.0 Å². The number of para-hydroxylation sites is 1. The third kappa shape index (κ3) is 4.70. The number of piperazine rings is 1. The van der Waals surface area contributed by atoms with E-state index in [1.165, 1.54) is 11.8 Å². The summed E-state index contributed by atoms with van der Waals surface area (Å²) in [6.45, 7) is 3.68. The van der Waals surface area contributed by atoms with Gasteiger partial charge >= 0.3 is 0 Å². The summed E-state index contributed by atoms with van der Waals surface area (Å²) in [6, 6.07) is 12.0. The first kappa shape index (κ1) is 18.9. The molecule has 5 nitrogen and oxygen atoms in total. The zero-order chi connectivity index (χ0) is 18.6. The second-order valence-corrected chi connectivity index (χ2v) is 9.68.